The highest BCUT2D eigenvalue weighted by molar-refractivity contribution is 7.22. The fourth-order valence-electron chi connectivity index (χ4n) is 9.64. The SMILES string of the molecule is CC1=CC(C)(C)N(CCCC(=O)O)c2cc3oc(=O)c(-c4nc5ccccc5s4)cc3cc21.CC1=CC(C)(C)N(CCCC(=O)OC(C)(C)C)c2cc3oc(=O)c(-c4nc5ccccc5s4)cc3cc21. The molecule has 0 bridgehead atoms. The summed E-state index contributed by atoms with van der Waals surface area (Å²) in [4.78, 5) is 63.0. The Balaban J connectivity index is 0.000000175. The Morgan fingerprint density at radius 3 is 1.47 bits per heavy atom. The van der Waals surface area contributed by atoms with Crippen LogP contribution in [0.25, 0.3) is 74.7 Å². The third kappa shape index (κ3) is 9.80. The summed E-state index contributed by atoms with van der Waals surface area (Å²) in [6.07, 6.45) is 6.10. The van der Waals surface area contributed by atoms with Crippen molar-refractivity contribution < 1.29 is 28.3 Å². The molecule has 0 saturated carbocycles. The average molecular weight is 977 g/mol. The lowest BCUT2D eigenvalue weighted by molar-refractivity contribution is -0.154. The van der Waals surface area contributed by atoms with Crippen molar-refractivity contribution in [1.29, 1.82) is 0 Å². The van der Waals surface area contributed by atoms with Gasteiger partial charge in [-0.3, -0.25) is 9.59 Å². The van der Waals surface area contributed by atoms with Crippen molar-refractivity contribution in [2.75, 3.05) is 22.9 Å². The van der Waals surface area contributed by atoms with E-state index in [1.165, 1.54) is 22.7 Å². The van der Waals surface area contributed by atoms with Crippen LogP contribution in [-0.2, 0) is 14.3 Å². The maximum atomic E-state index is 13.0. The number of hydrogen-bond donors (Lipinski definition) is 1. The van der Waals surface area contributed by atoms with E-state index in [1.54, 1.807) is 0 Å². The highest BCUT2D eigenvalue weighted by Gasteiger charge is 2.34. The maximum Gasteiger partial charge on any atom is 0.346 e. The Morgan fingerprint density at radius 2 is 1.06 bits per heavy atom. The minimum atomic E-state index is -0.802. The van der Waals surface area contributed by atoms with Crippen molar-refractivity contribution in [3.63, 3.8) is 0 Å². The van der Waals surface area contributed by atoms with Gasteiger partial charge in [-0.2, -0.15) is 0 Å². The van der Waals surface area contributed by atoms with Gasteiger partial charge in [0.25, 0.3) is 0 Å². The summed E-state index contributed by atoms with van der Waals surface area (Å²) in [5, 5.41) is 12.1. The molecule has 0 radical (unpaired) electrons. The number of benzene rings is 4. The van der Waals surface area contributed by atoms with Crippen LogP contribution in [-0.4, -0.2) is 56.8 Å². The van der Waals surface area contributed by atoms with Crippen LogP contribution in [0, 0.1) is 0 Å². The number of rotatable bonds is 10. The van der Waals surface area contributed by atoms with Gasteiger partial charge in [-0.05, 0) is 135 Å². The molecular formula is C56H56N4O8S2. The zero-order valence-electron chi connectivity index (χ0n) is 40.9. The zero-order valence-corrected chi connectivity index (χ0v) is 42.5. The molecular weight excluding hydrogens is 921 g/mol. The Hall–Kier alpha value is -6.90. The van der Waals surface area contributed by atoms with Crippen LogP contribution in [0.4, 0.5) is 11.4 Å². The van der Waals surface area contributed by atoms with E-state index in [0.29, 0.717) is 64.7 Å². The number of fused-ring (bicyclic) bond motifs is 6. The number of carboxylic acids is 1. The van der Waals surface area contributed by atoms with E-state index >= 15 is 0 Å². The fourth-order valence-corrected chi connectivity index (χ4v) is 11.6. The van der Waals surface area contributed by atoms with Crippen LogP contribution >= 0.6 is 22.7 Å². The van der Waals surface area contributed by atoms with Crippen molar-refractivity contribution in [1.82, 2.24) is 9.97 Å². The van der Waals surface area contributed by atoms with Gasteiger partial charge in [-0.15, -0.1) is 22.7 Å². The van der Waals surface area contributed by atoms with E-state index in [1.807, 2.05) is 93.6 Å². The second-order valence-corrected chi connectivity index (χ2v) is 22.2. The maximum absolute atomic E-state index is 13.0. The summed E-state index contributed by atoms with van der Waals surface area (Å²) in [5.74, 6) is -0.996. The van der Waals surface area contributed by atoms with Crippen molar-refractivity contribution >= 4 is 99.5 Å². The molecule has 0 atom stereocenters. The lowest BCUT2D eigenvalue weighted by atomic mass is 9.88. The normalized spacial score (nSPS) is 15.0. The highest BCUT2D eigenvalue weighted by atomic mass is 32.1. The van der Waals surface area contributed by atoms with Gasteiger partial charge >= 0.3 is 23.2 Å². The summed E-state index contributed by atoms with van der Waals surface area (Å²) < 4.78 is 19.2. The minimum absolute atomic E-state index is 0.110. The summed E-state index contributed by atoms with van der Waals surface area (Å²) >= 11 is 2.96. The van der Waals surface area contributed by atoms with Gasteiger partial charge in [0.15, 0.2) is 0 Å². The van der Waals surface area contributed by atoms with Crippen LogP contribution in [0.2, 0.25) is 0 Å². The number of aliphatic carboxylic acids is 1. The number of carboxylic acid groups (broad SMARTS) is 1. The van der Waals surface area contributed by atoms with Crippen LogP contribution in [0.5, 0.6) is 0 Å². The van der Waals surface area contributed by atoms with Crippen LogP contribution < -0.4 is 21.1 Å². The largest absolute Gasteiger partial charge is 0.481 e. The van der Waals surface area contributed by atoms with E-state index < -0.39 is 22.8 Å². The van der Waals surface area contributed by atoms with E-state index in [0.717, 1.165) is 64.9 Å². The fraction of sp³-hybridized carbons (Fsp3) is 0.321. The molecule has 0 saturated heterocycles. The Bertz CT molecular complexity index is 3500. The van der Waals surface area contributed by atoms with E-state index in [4.69, 9.17) is 18.7 Å². The minimum Gasteiger partial charge on any atom is -0.481 e. The molecule has 10 rings (SSSR count). The predicted molar refractivity (Wildman–Crippen MR) is 284 cm³/mol. The number of anilines is 2. The number of esters is 1. The number of carbonyl (C=O) groups is 2. The molecule has 0 unspecified atom stereocenters. The molecule has 360 valence electrons. The molecule has 0 fully saturated rings. The lowest BCUT2D eigenvalue weighted by Gasteiger charge is -2.43. The number of thiazole rings is 2. The first-order valence-corrected chi connectivity index (χ1v) is 25.1. The van der Waals surface area contributed by atoms with Crippen LogP contribution in [0.15, 0.2) is 116 Å². The first kappa shape index (κ1) is 48.1. The predicted octanol–water partition coefficient (Wildman–Crippen LogP) is 13.1. The molecule has 1 N–H and O–H groups in total. The van der Waals surface area contributed by atoms with Gasteiger partial charge in [0.1, 0.15) is 26.8 Å². The number of carbonyl (C=O) groups excluding carboxylic acids is 1. The molecule has 0 spiro atoms. The van der Waals surface area contributed by atoms with Gasteiger partial charge < -0.3 is 28.5 Å². The number of allylic oxidation sites excluding steroid dienone is 2. The molecule has 70 heavy (non-hydrogen) atoms. The number of nitrogens with zero attached hydrogens (tertiary/aromatic N) is 4. The van der Waals surface area contributed by atoms with Crippen molar-refractivity contribution in [2.24, 2.45) is 0 Å². The number of hydrogen-bond acceptors (Lipinski definition) is 13. The molecule has 2 aliphatic rings. The van der Waals surface area contributed by atoms with Crippen LogP contribution in [0.1, 0.15) is 99.1 Å². The third-order valence-electron chi connectivity index (χ3n) is 12.7. The lowest BCUT2D eigenvalue weighted by Crippen LogP contribution is -2.45. The van der Waals surface area contributed by atoms with Crippen molar-refractivity contribution in [3.05, 3.63) is 129 Å². The second-order valence-electron chi connectivity index (χ2n) is 20.1. The first-order chi connectivity index (χ1) is 33.1. The van der Waals surface area contributed by atoms with Gasteiger partial charge in [-0.25, -0.2) is 19.6 Å². The first-order valence-electron chi connectivity index (χ1n) is 23.5. The highest BCUT2D eigenvalue weighted by Crippen LogP contribution is 2.44. The number of para-hydroxylation sites is 2. The van der Waals surface area contributed by atoms with Crippen LogP contribution in [0.3, 0.4) is 0 Å². The molecule has 2 aliphatic heterocycles. The Morgan fingerprint density at radius 1 is 0.643 bits per heavy atom. The second kappa shape index (κ2) is 18.4. The van der Waals surface area contributed by atoms with Gasteiger partial charge in [0.2, 0.25) is 0 Å². The summed E-state index contributed by atoms with van der Waals surface area (Å²) in [7, 11) is 0. The summed E-state index contributed by atoms with van der Waals surface area (Å²) in [6.45, 7) is 19.6. The van der Waals surface area contributed by atoms with E-state index in [-0.39, 0.29) is 23.5 Å². The Kier molecular flexibility index (Phi) is 12.7. The molecule has 12 nitrogen and oxygen atoms in total. The summed E-state index contributed by atoms with van der Waals surface area (Å²) in [6, 6.07) is 27.4. The molecule has 8 aromatic rings. The Labute approximate surface area is 413 Å². The zero-order chi connectivity index (χ0) is 49.9. The molecule has 4 aromatic carbocycles. The molecule has 0 aliphatic carbocycles. The topological polar surface area (TPSA) is 156 Å². The van der Waals surface area contributed by atoms with Gasteiger partial charge in [0.05, 0.1) is 42.6 Å². The summed E-state index contributed by atoms with van der Waals surface area (Å²) in [5.41, 5.74) is 8.26. The van der Waals surface area contributed by atoms with Gasteiger partial charge in [0, 0.05) is 71.3 Å². The third-order valence-corrected chi connectivity index (χ3v) is 14.8. The van der Waals surface area contributed by atoms with Crippen molar-refractivity contribution in [3.8, 4) is 21.1 Å². The molecule has 14 heteroatoms. The number of aromatic nitrogens is 2. The van der Waals surface area contributed by atoms with Crippen molar-refractivity contribution in [2.45, 2.75) is 105 Å². The monoisotopic (exact) mass is 976 g/mol. The van der Waals surface area contributed by atoms with Gasteiger partial charge in [-0.1, -0.05) is 36.4 Å². The smallest absolute Gasteiger partial charge is 0.346 e. The average Bonchev–Trinajstić information content (AvgIpc) is 3.91. The van der Waals surface area contributed by atoms with E-state index in [2.05, 4.69) is 85.6 Å². The number of ether oxygens (including phenoxy) is 1. The van der Waals surface area contributed by atoms with E-state index in [9.17, 15) is 19.2 Å². The molecule has 6 heterocycles. The quantitative estimate of drug-likeness (QED) is 0.102. The molecule has 0 amide bonds. The standard InChI is InChI=1S/C30H32N2O4S.C26H24N2O4S/c1-18-17-30(5,6)32(13-9-12-26(33)36-29(2,3)4)23-16-24-19(14-20(18)23)15-21(28(34)35-24)27-31-22-10-7-8-11-25(22)37-27;1-15-14-26(2,3)28(10-6-9-23(29)30)20-13-21-16(11-17(15)20)12-18(25(31)32-21)24-27-19-7-4-5-8-22(19)33-24/h7-8,10-11,14-17H,9,12-13H2,1-6H3;4-5,7-8,11-14H,6,9-10H2,1-3H3,(H,29,30). The molecule has 4 aromatic heterocycles.